The molecular formula is C36H20Br2. The van der Waals surface area contributed by atoms with Gasteiger partial charge in [-0.25, -0.2) is 0 Å². The topological polar surface area (TPSA) is 0 Å². The lowest BCUT2D eigenvalue weighted by Gasteiger charge is -2.17. The number of halogens is 2. The van der Waals surface area contributed by atoms with Crippen LogP contribution in [-0.2, 0) is 0 Å². The van der Waals surface area contributed by atoms with Crippen LogP contribution in [0.5, 0.6) is 0 Å². The van der Waals surface area contributed by atoms with Gasteiger partial charge < -0.3 is 0 Å². The molecule has 38 heavy (non-hydrogen) atoms. The second kappa shape index (κ2) is 10.7. The van der Waals surface area contributed by atoms with Gasteiger partial charge in [-0.1, -0.05) is 109 Å². The molecule has 0 heterocycles. The second-order valence-corrected chi connectivity index (χ2v) is 10.5. The highest BCUT2D eigenvalue weighted by molar-refractivity contribution is 9.11. The number of rotatable bonds is 1. The monoisotopic (exact) mass is 610 g/mol. The van der Waals surface area contributed by atoms with E-state index in [1.807, 2.05) is 60.7 Å². The normalized spacial score (nSPS) is 10.5. The summed E-state index contributed by atoms with van der Waals surface area (Å²) in [6, 6.07) is 41.5. The molecule has 0 nitrogen and oxygen atoms in total. The number of benzene rings is 6. The van der Waals surface area contributed by atoms with Crippen molar-refractivity contribution in [1.82, 2.24) is 0 Å². The molecule has 0 aliphatic heterocycles. The minimum atomic E-state index is 0.944. The fraction of sp³-hybridized carbons (Fsp3) is 0. The largest absolute Gasteiger partial charge is 0.0622 e. The van der Waals surface area contributed by atoms with Crippen LogP contribution in [-0.4, -0.2) is 0 Å². The van der Waals surface area contributed by atoms with Crippen LogP contribution in [0.2, 0.25) is 0 Å². The van der Waals surface area contributed by atoms with Crippen molar-refractivity contribution in [3.63, 3.8) is 0 Å². The Morgan fingerprint density at radius 1 is 0.395 bits per heavy atom. The fourth-order valence-electron chi connectivity index (χ4n) is 4.64. The number of hydrogen-bond acceptors (Lipinski definition) is 0. The van der Waals surface area contributed by atoms with Gasteiger partial charge in [-0.3, -0.25) is 0 Å². The van der Waals surface area contributed by atoms with Crippen molar-refractivity contribution in [1.29, 1.82) is 0 Å². The summed E-state index contributed by atoms with van der Waals surface area (Å²) in [4.78, 5) is 0. The van der Waals surface area contributed by atoms with Gasteiger partial charge in [-0.2, -0.15) is 0 Å². The Bertz CT molecular complexity index is 1790. The minimum absolute atomic E-state index is 0.944. The van der Waals surface area contributed by atoms with E-state index in [0.717, 1.165) is 63.9 Å². The highest BCUT2D eigenvalue weighted by atomic mass is 79.9. The highest BCUT2D eigenvalue weighted by Gasteiger charge is 2.19. The molecule has 0 radical (unpaired) electrons. The van der Waals surface area contributed by atoms with E-state index < -0.39 is 0 Å². The molecule has 0 bridgehead atoms. The molecule has 6 aromatic rings. The quantitative estimate of drug-likeness (QED) is 0.162. The van der Waals surface area contributed by atoms with Crippen LogP contribution in [0.1, 0.15) is 22.3 Å². The van der Waals surface area contributed by atoms with E-state index in [4.69, 9.17) is 0 Å². The molecule has 6 rings (SSSR count). The van der Waals surface area contributed by atoms with Crippen LogP contribution in [0, 0.1) is 23.7 Å². The Morgan fingerprint density at radius 2 is 0.763 bits per heavy atom. The average molecular weight is 612 g/mol. The minimum Gasteiger partial charge on any atom is -0.0622 e. The van der Waals surface area contributed by atoms with Crippen LogP contribution < -0.4 is 0 Å². The Hall–Kier alpha value is -4.08. The first-order chi connectivity index (χ1) is 18.7. The maximum absolute atomic E-state index is 3.97. The molecule has 2 heteroatoms. The number of fused-ring (bicyclic) bond motifs is 2. The first-order valence-electron chi connectivity index (χ1n) is 12.3. The van der Waals surface area contributed by atoms with E-state index in [1.165, 1.54) is 0 Å². The first kappa shape index (κ1) is 24.3. The van der Waals surface area contributed by atoms with Gasteiger partial charge in [0.15, 0.2) is 0 Å². The van der Waals surface area contributed by atoms with Crippen molar-refractivity contribution in [3.05, 3.63) is 153 Å². The Labute approximate surface area is 239 Å². The van der Waals surface area contributed by atoms with Crippen LogP contribution in [0.15, 0.2) is 130 Å². The summed E-state index contributed by atoms with van der Waals surface area (Å²) in [5.41, 5.74) is 6.07. The molecule has 0 aliphatic carbocycles. The lowest BCUT2D eigenvalue weighted by Crippen LogP contribution is -1.93. The highest BCUT2D eigenvalue weighted by Crippen LogP contribution is 2.45. The first-order valence-corrected chi connectivity index (χ1v) is 13.8. The van der Waals surface area contributed by atoms with Gasteiger partial charge in [0.05, 0.1) is 0 Å². The summed E-state index contributed by atoms with van der Waals surface area (Å²) >= 11 is 7.95. The number of hydrogen-bond donors (Lipinski definition) is 0. The van der Waals surface area contributed by atoms with Gasteiger partial charge in [-0.15, -0.1) is 0 Å². The Kier molecular flexibility index (Phi) is 6.85. The van der Waals surface area contributed by atoms with Gasteiger partial charge in [0.2, 0.25) is 0 Å². The standard InChI is InChI=1S/C36H20Br2/c37-35-29(21-19-25-11-3-1-4-12-25)23-27-15-7-9-17-31(27)33(35)34-32-18-10-8-16-28(32)24-30(36(34)38)22-20-26-13-5-2-6-14-26/h1-18,23-24H. The molecular weight excluding hydrogens is 592 g/mol. The molecule has 0 atom stereocenters. The summed E-state index contributed by atoms with van der Waals surface area (Å²) in [7, 11) is 0. The zero-order valence-corrected chi connectivity index (χ0v) is 23.5. The molecule has 0 unspecified atom stereocenters. The van der Waals surface area contributed by atoms with E-state index >= 15 is 0 Å². The van der Waals surface area contributed by atoms with Gasteiger partial charge in [0.1, 0.15) is 0 Å². The maximum atomic E-state index is 3.97. The predicted octanol–water partition coefficient (Wildman–Crippen LogP) is 9.98. The van der Waals surface area contributed by atoms with Crippen molar-refractivity contribution in [3.8, 4) is 34.8 Å². The smallest absolute Gasteiger partial charge is 0.0417 e. The average Bonchev–Trinajstić information content (AvgIpc) is 2.97. The van der Waals surface area contributed by atoms with Crippen LogP contribution in [0.25, 0.3) is 32.7 Å². The third kappa shape index (κ3) is 4.78. The molecule has 0 aromatic heterocycles. The van der Waals surface area contributed by atoms with Gasteiger partial charge in [-0.05, 0) is 89.8 Å². The molecule has 0 amide bonds. The molecule has 0 fully saturated rings. The lowest BCUT2D eigenvalue weighted by molar-refractivity contribution is 1.56. The van der Waals surface area contributed by atoms with E-state index in [-0.39, 0.29) is 0 Å². The zero-order valence-electron chi connectivity index (χ0n) is 20.3. The lowest BCUT2D eigenvalue weighted by atomic mass is 9.90. The Morgan fingerprint density at radius 3 is 1.18 bits per heavy atom. The predicted molar refractivity (Wildman–Crippen MR) is 167 cm³/mol. The molecule has 0 saturated carbocycles. The fourth-order valence-corrected chi connectivity index (χ4v) is 5.89. The van der Waals surface area contributed by atoms with Crippen molar-refractivity contribution in [2.75, 3.05) is 0 Å². The van der Waals surface area contributed by atoms with Crippen molar-refractivity contribution in [2.45, 2.75) is 0 Å². The van der Waals surface area contributed by atoms with Crippen LogP contribution >= 0.6 is 31.9 Å². The SMILES string of the molecule is Brc1c(C#Cc2ccccc2)cc2ccccc2c1-c1c(Br)c(C#Cc2ccccc2)cc2ccccc12. The van der Waals surface area contributed by atoms with Crippen molar-refractivity contribution < 1.29 is 0 Å². The van der Waals surface area contributed by atoms with Gasteiger partial charge in [0.25, 0.3) is 0 Å². The molecule has 0 aliphatic rings. The summed E-state index contributed by atoms with van der Waals surface area (Å²) < 4.78 is 1.94. The zero-order chi connectivity index (χ0) is 25.9. The summed E-state index contributed by atoms with van der Waals surface area (Å²) in [6.45, 7) is 0. The molecule has 0 saturated heterocycles. The van der Waals surface area contributed by atoms with Crippen LogP contribution in [0.3, 0.4) is 0 Å². The maximum Gasteiger partial charge on any atom is 0.0417 e. The van der Waals surface area contributed by atoms with E-state index in [2.05, 4.69) is 116 Å². The third-order valence-electron chi connectivity index (χ3n) is 6.45. The molecule has 178 valence electrons. The summed E-state index contributed by atoms with van der Waals surface area (Å²) in [5.74, 6) is 13.5. The van der Waals surface area contributed by atoms with Crippen molar-refractivity contribution in [2.24, 2.45) is 0 Å². The van der Waals surface area contributed by atoms with E-state index in [1.54, 1.807) is 0 Å². The van der Waals surface area contributed by atoms with Crippen LogP contribution in [0.4, 0.5) is 0 Å². The summed E-state index contributed by atoms with van der Waals surface area (Å²) in [6.07, 6.45) is 0. The summed E-state index contributed by atoms with van der Waals surface area (Å²) in [5, 5.41) is 4.59. The van der Waals surface area contributed by atoms with E-state index in [9.17, 15) is 0 Å². The molecule has 6 aromatic carbocycles. The Balaban J connectivity index is 1.65. The second-order valence-electron chi connectivity index (χ2n) is 8.90. The van der Waals surface area contributed by atoms with E-state index in [0.29, 0.717) is 0 Å². The van der Waals surface area contributed by atoms with Gasteiger partial charge >= 0.3 is 0 Å². The van der Waals surface area contributed by atoms with Crippen molar-refractivity contribution >= 4 is 53.4 Å². The van der Waals surface area contributed by atoms with Gasteiger partial charge in [0, 0.05) is 42.3 Å². The molecule has 0 spiro atoms. The third-order valence-corrected chi connectivity index (χ3v) is 8.10. The molecule has 0 N–H and O–H groups in total.